The van der Waals surface area contributed by atoms with Crippen molar-refractivity contribution >= 4 is 438 Å². The third-order valence-corrected chi connectivity index (χ3v) is 21.8. The van der Waals surface area contributed by atoms with Gasteiger partial charge in [-0.1, -0.05) is 104 Å². The number of hydrogen-bond donors (Lipinski definition) is 0. The molecule has 0 amide bonds. The lowest BCUT2D eigenvalue weighted by atomic mass is 9.55. The fourth-order valence-corrected chi connectivity index (χ4v) is 15.0. The third kappa shape index (κ3) is 6.85. The number of benzene rings is 9. The van der Waals surface area contributed by atoms with Crippen LogP contribution in [0, 0.1) is 0 Å². The largest absolute Gasteiger partial charge is 0.457 e. The quantitative estimate of drug-likeness (QED) is 0.0978. The van der Waals surface area contributed by atoms with Crippen LogP contribution in [0.5, 0.6) is 0 Å². The molecule has 0 bridgehead atoms. The molecule has 0 N–H and O–H groups in total. The summed E-state index contributed by atoms with van der Waals surface area (Å²) in [6.45, 7) is 0. The van der Waals surface area contributed by atoms with Crippen molar-refractivity contribution < 1.29 is 4.42 Å². The Bertz CT molecular complexity index is 4330. The summed E-state index contributed by atoms with van der Waals surface area (Å²) in [5, 5.41) is 13.9. The van der Waals surface area contributed by atoms with Crippen LogP contribution in [0.25, 0.3) is 98.4 Å². The van der Waals surface area contributed by atoms with Crippen LogP contribution in [0.4, 0.5) is 0 Å². The summed E-state index contributed by atoms with van der Waals surface area (Å²) < 4.78 is 7.10. The Hall–Kier alpha value is -4.36. The second kappa shape index (κ2) is 18.1. The number of hydrogen-bond acceptors (Lipinski definition) is 1. The average Bonchev–Trinajstić information content (AvgIpc) is 3.79. The van der Waals surface area contributed by atoms with Crippen molar-refractivity contribution in [1.82, 2.24) is 0 Å². The van der Waals surface area contributed by atoms with Crippen molar-refractivity contribution in [3.8, 4) is 33.4 Å². The van der Waals surface area contributed by atoms with Gasteiger partial charge in [0.15, 0.2) is 0 Å². The van der Waals surface area contributed by atoms with Gasteiger partial charge in [-0.05, 0) is 76.5 Å². The Morgan fingerprint density at radius 1 is 0.120 bits per heavy atom. The van der Waals surface area contributed by atoms with E-state index in [0.29, 0.717) is 0 Å². The third-order valence-electron chi connectivity index (χ3n) is 21.8. The molecule has 0 atom stereocenters. The molecule has 0 spiro atoms. The standard InChI is InChI=1S/C46H56B28O/c47-17-3(8-9(23(53)37(67)36(66)22(8)52)10-14(17)30(60)39(69)38(68)24(10)54)1-4-6(20(50)34(64)32(62)18(4)48)2(7-5(1)19(49)33(63)35(65)21(7)51)13-26(56)28(58)15(29(59)27(13)57)11-12-16-31(61)40(70)42(72)44(74)46(16)75-45(12)43(73)41(71)25(11)55/h47-74H2. The van der Waals surface area contributed by atoms with E-state index in [2.05, 4.69) is 220 Å². The van der Waals surface area contributed by atoms with Crippen LogP contribution in [0.3, 0.4) is 0 Å². The van der Waals surface area contributed by atoms with Gasteiger partial charge in [0.05, 0.1) is 0 Å². The Morgan fingerprint density at radius 3 is 0.680 bits per heavy atom. The van der Waals surface area contributed by atoms with Crippen molar-refractivity contribution in [2.24, 2.45) is 0 Å². The summed E-state index contributed by atoms with van der Waals surface area (Å²) >= 11 is 0. The maximum Gasteiger partial charge on any atom is 0.143 e. The maximum absolute atomic E-state index is 7.10. The molecule has 10 rings (SSSR count). The van der Waals surface area contributed by atoms with Crippen molar-refractivity contribution in [2.45, 2.75) is 0 Å². The monoisotopic (exact) mass is 933 g/mol. The van der Waals surface area contributed by atoms with Crippen molar-refractivity contribution in [2.75, 3.05) is 0 Å². The predicted molar refractivity (Wildman–Crippen MR) is 429 cm³/mol. The van der Waals surface area contributed by atoms with E-state index in [1.165, 1.54) is 240 Å². The van der Waals surface area contributed by atoms with Crippen LogP contribution in [0.2, 0.25) is 0 Å². The van der Waals surface area contributed by atoms with E-state index < -0.39 is 0 Å². The van der Waals surface area contributed by atoms with E-state index in [9.17, 15) is 0 Å². The van der Waals surface area contributed by atoms with Crippen LogP contribution in [0.15, 0.2) is 4.42 Å². The van der Waals surface area contributed by atoms with E-state index >= 15 is 0 Å². The molecule has 29 heteroatoms. The van der Waals surface area contributed by atoms with Gasteiger partial charge in [0.1, 0.15) is 231 Å². The zero-order chi connectivity index (χ0) is 55.3. The molecule has 0 unspecified atom stereocenters. The minimum Gasteiger partial charge on any atom is -0.457 e. The molecule has 1 aromatic heterocycles. The molecule has 0 saturated carbocycles. The topological polar surface area (TPSA) is 13.1 Å². The molecule has 1 nitrogen and oxygen atoms in total. The molecular weight excluding hydrogens is 871 g/mol. The average molecular weight is 928 g/mol. The highest BCUT2D eigenvalue weighted by atomic mass is 16.3. The summed E-state index contributed by atoms with van der Waals surface area (Å²) in [5.41, 5.74) is 48.6. The van der Waals surface area contributed by atoms with Gasteiger partial charge in [0.25, 0.3) is 0 Å². The van der Waals surface area contributed by atoms with Crippen LogP contribution >= 0.6 is 0 Å². The number of fused-ring (bicyclic) bond motifs is 8. The molecule has 75 heavy (non-hydrogen) atoms. The van der Waals surface area contributed by atoms with Crippen molar-refractivity contribution in [1.29, 1.82) is 0 Å². The highest BCUT2D eigenvalue weighted by molar-refractivity contribution is 6.78. The molecule has 10 aromatic rings. The van der Waals surface area contributed by atoms with Gasteiger partial charge in [-0.25, -0.2) is 0 Å². The zero-order valence-corrected chi connectivity index (χ0v) is 51.4. The second-order valence-corrected chi connectivity index (χ2v) is 24.3. The minimum absolute atomic E-state index is 1.03. The normalized spacial score (nSPS) is 11.9. The lowest BCUT2D eigenvalue weighted by Gasteiger charge is -2.33. The van der Waals surface area contributed by atoms with Crippen LogP contribution < -0.4 is 153 Å². The molecule has 0 aliphatic carbocycles. The van der Waals surface area contributed by atoms with E-state index in [-0.39, 0.29) is 0 Å². The van der Waals surface area contributed by atoms with Gasteiger partial charge in [-0.15, -0.1) is 49.2 Å². The molecule has 9 aromatic carbocycles. The summed E-state index contributed by atoms with van der Waals surface area (Å²) in [6.07, 6.45) is 0. The van der Waals surface area contributed by atoms with E-state index in [1.807, 2.05) is 0 Å². The van der Waals surface area contributed by atoms with E-state index in [4.69, 9.17) is 4.42 Å². The summed E-state index contributed by atoms with van der Waals surface area (Å²) in [4.78, 5) is 0. The SMILES string of the molecule is Bc1c(B)c(-c2c(B)c(B)c(B)c3oc4c(B)c(B)c(B)c(B)c4c23)c(B)c(B)c1-c1c2c(B)c(B)c(B)c(B)c2c(-c2c(B)c3c(B)c(B)c(B)c(B)c3c3c(B)c(B)c(B)c(B)c23)c2c(B)c(B)c(B)c(B)c12. The maximum atomic E-state index is 7.10. The van der Waals surface area contributed by atoms with E-state index in [1.54, 1.807) is 0 Å². The number of furan rings is 1. The number of rotatable bonds is 3. The van der Waals surface area contributed by atoms with Crippen LogP contribution in [-0.2, 0) is 0 Å². The smallest absolute Gasteiger partial charge is 0.143 e. The first kappa shape index (κ1) is 54.0. The van der Waals surface area contributed by atoms with Gasteiger partial charge >= 0.3 is 0 Å². The van der Waals surface area contributed by atoms with Crippen LogP contribution in [0.1, 0.15) is 0 Å². The fraction of sp³-hybridized carbons (Fsp3) is 0. The first-order valence-corrected chi connectivity index (χ1v) is 27.9. The molecule has 0 saturated heterocycles. The molecule has 0 aliphatic rings. The van der Waals surface area contributed by atoms with Gasteiger partial charge in [0.2, 0.25) is 0 Å². The highest BCUT2D eigenvalue weighted by Crippen LogP contribution is 2.42. The molecule has 1 heterocycles. The predicted octanol–water partition coefficient (Wildman–Crippen LogP) is -35.6. The minimum atomic E-state index is 1.03. The molecule has 0 radical (unpaired) electrons. The molecule has 0 aliphatic heterocycles. The Morgan fingerprint density at radius 2 is 0.320 bits per heavy atom. The zero-order valence-electron chi connectivity index (χ0n) is 51.4. The Balaban J connectivity index is 1.50. The Kier molecular flexibility index (Phi) is 13.0. The van der Waals surface area contributed by atoms with Crippen molar-refractivity contribution in [3.63, 3.8) is 0 Å². The second-order valence-electron chi connectivity index (χ2n) is 24.3. The summed E-state index contributed by atoms with van der Waals surface area (Å²) in [5.74, 6) is 0. The lowest BCUT2D eigenvalue weighted by molar-refractivity contribution is 0.675. The van der Waals surface area contributed by atoms with Gasteiger partial charge in [-0.3, -0.25) is 0 Å². The summed E-state index contributed by atoms with van der Waals surface area (Å²) in [6, 6.07) is 0. The highest BCUT2D eigenvalue weighted by Gasteiger charge is 2.32. The van der Waals surface area contributed by atoms with Gasteiger partial charge in [0, 0.05) is 10.8 Å². The Labute approximate surface area is 472 Å². The lowest BCUT2D eigenvalue weighted by Crippen LogP contribution is -2.52. The van der Waals surface area contributed by atoms with Crippen molar-refractivity contribution in [3.05, 3.63) is 0 Å². The van der Waals surface area contributed by atoms with Gasteiger partial charge in [-0.2, -0.15) is 0 Å². The molecule has 0 fully saturated rings. The van der Waals surface area contributed by atoms with E-state index in [0.717, 1.165) is 11.2 Å². The first-order valence-electron chi connectivity index (χ1n) is 27.9. The molecular formula is C46H56B28O. The fourth-order valence-electron chi connectivity index (χ4n) is 15.0. The van der Waals surface area contributed by atoms with Crippen LogP contribution in [-0.4, -0.2) is 220 Å². The van der Waals surface area contributed by atoms with Gasteiger partial charge < -0.3 is 4.42 Å². The molecule has 330 valence electrons. The first-order chi connectivity index (χ1) is 35.0. The summed E-state index contributed by atoms with van der Waals surface area (Å²) in [7, 11) is 66.5.